The molecule has 0 amide bonds. The third-order valence-electron chi connectivity index (χ3n) is 1.75. The summed E-state index contributed by atoms with van der Waals surface area (Å²) in [6.45, 7) is 0. The molecule has 0 radical (unpaired) electrons. The maximum atomic E-state index is 5.96. The molecule has 2 rings (SSSR count). The Kier molecular flexibility index (Phi) is 2.45. The van der Waals surface area contributed by atoms with Gasteiger partial charge >= 0.3 is 0 Å². The molecule has 0 aliphatic carbocycles. The van der Waals surface area contributed by atoms with Crippen LogP contribution in [0.1, 0.15) is 0 Å². The van der Waals surface area contributed by atoms with Crippen LogP contribution in [0.3, 0.4) is 0 Å². The second-order valence-electron chi connectivity index (χ2n) is 2.59. The summed E-state index contributed by atoms with van der Waals surface area (Å²) in [4.78, 5) is 4.08. The fraction of sp³-hybridized carbons (Fsp3) is 0. The van der Waals surface area contributed by atoms with Crippen LogP contribution in [0.25, 0.3) is 10.8 Å². The van der Waals surface area contributed by atoms with Crippen LogP contribution < -0.4 is 0 Å². The third-order valence-corrected chi connectivity index (χ3v) is 2.92. The number of benzene rings is 1. The standard InChI is InChI=1S/C9H4BrCl2N/c10-9-6-2-1-5(11)3-7(6)8(12)4-13-9/h1-4H. The van der Waals surface area contributed by atoms with Crippen molar-refractivity contribution >= 4 is 49.9 Å². The van der Waals surface area contributed by atoms with Gasteiger partial charge in [-0.2, -0.15) is 0 Å². The summed E-state index contributed by atoms with van der Waals surface area (Å²) in [5.41, 5.74) is 0. The van der Waals surface area contributed by atoms with Gasteiger partial charge in [0, 0.05) is 22.0 Å². The fourth-order valence-corrected chi connectivity index (χ4v) is 1.97. The van der Waals surface area contributed by atoms with Gasteiger partial charge in [0.1, 0.15) is 4.60 Å². The topological polar surface area (TPSA) is 12.9 Å². The van der Waals surface area contributed by atoms with E-state index in [0.717, 1.165) is 15.4 Å². The molecule has 1 heterocycles. The summed E-state index contributed by atoms with van der Waals surface area (Å²) in [6, 6.07) is 5.53. The van der Waals surface area contributed by atoms with Crippen LogP contribution in [-0.4, -0.2) is 4.98 Å². The van der Waals surface area contributed by atoms with E-state index in [-0.39, 0.29) is 0 Å². The lowest BCUT2D eigenvalue weighted by molar-refractivity contribution is 1.31. The molecule has 2 aromatic rings. The van der Waals surface area contributed by atoms with E-state index in [1.807, 2.05) is 18.2 Å². The molecule has 4 heteroatoms. The van der Waals surface area contributed by atoms with Gasteiger partial charge in [-0.1, -0.05) is 29.3 Å². The van der Waals surface area contributed by atoms with E-state index >= 15 is 0 Å². The first-order chi connectivity index (χ1) is 6.18. The average Bonchev–Trinajstić information content (AvgIpc) is 2.12. The molecule has 0 aliphatic rings. The number of hydrogen-bond acceptors (Lipinski definition) is 1. The smallest absolute Gasteiger partial charge is 0.113 e. The van der Waals surface area contributed by atoms with Crippen molar-refractivity contribution in [3.8, 4) is 0 Å². The maximum absolute atomic E-state index is 5.96. The summed E-state index contributed by atoms with van der Waals surface area (Å²) in [5, 5.41) is 3.17. The van der Waals surface area contributed by atoms with Crippen molar-refractivity contribution in [1.82, 2.24) is 4.98 Å². The second kappa shape index (κ2) is 3.45. The van der Waals surface area contributed by atoms with Crippen molar-refractivity contribution in [2.75, 3.05) is 0 Å². The summed E-state index contributed by atoms with van der Waals surface area (Å²) in [6.07, 6.45) is 1.60. The minimum atomic E-state index is 0.612. The molecule has 0 aliphatic heterocycles. The number of fused-ring (bicyclic) bond motifs is 1. The minimum Gasteiger partial charge on any atom is -0.247 e. The average molecular weight is 277 g/mol. The first kappa shape index (κ1) is 9.25. The Bertz CT molecular complexity index is 470. The van der Waals surface area contributed by atoms with Gasteiger partial charge in [0.2, 0.25) is 0 Å². The van der Waals surface area contributed by atoms with E-state index in [2.05, 4.69) is 20.9 Å². The van der Waals surface area contributed by atoms with Crippen LogP contribution in [0.15, 0.2) is 29.0 Å². The molecule has 0 unspecified atom stereocenters. The van der Waals surface area contributed by atoms with E-state index in [9.17, 15) is 0 Å². The number of pyridine rings is 1. The zero-order chi connectivity index (χ0) is 9.42. The Balaban J connectivity index is 2.92. The van der Waals surface area contributed by atoms with E-state index < -0.39 is 0 Å². The van der Waals surface area contributed by atoms with E-state index in [0.29, 0.717) is 10.0 Å². The Labute approximate surface area is 93.8 Å². The van der Waals surface area contributed by atoms with E-state index in [1.165, 1.54) is 0 Å². The molecule has 1 aromatic carbocycles. The van der Waals surface area contributed by atoms with Crippen molar-refractivity contribution in [2.24, 2.45) is 0 Å². The molecule has 0 saturated heterocycles. The summed E-state index contributed by atoms with van der Waals surface area (Å²) < 4.78 is 0.781. The SMILES string of the molecule is Clc1ccc2c(Br)ncc(Cl)c2c1. The first-order valence-electron chi connectivity index (χ1n) is 3.58. The highest BCUT2D eigenvalue weighted by Gasteiger charge is 2.03. The van der Waals surface area contributed by atoms with Crippen molar-refractivity contribution in [3.05, 3.63) is 39.0 Å². The molecule has 1 aromatic heterocycles. The van der Waals surface area contributed by atoms with E-state index in [1.54, 1.807) is 6.20 Å². The lowest BCUT2D eigenvalue weighted by Crippen LogP contribution is -1.80. The molecule has 0 N–H and O–H groups in total. The summed E-state index contributed by atoms with van der Waals surface area (Å²) in [7, 11) is 0. The minimum absolute atomic E-state index is 0.612. The largest absolute Gasteiger partial charge is 0.247 e. The van der Waals surface area contributed by atoms with Crippen LogP contribution in [0.2, 0.25) is 10.0 Å². The van der Waals surface area contributed by atoms with Crippen molar-refractivity contribution in [2.45, 2.75) is 0 Å². The molecule has 0 saturated carbocycles. The Morgan fingerprint density at radius 3 is 2.69 bits per heavy atom. The Morgan fingerprint density at radius 2 is 1.92 bits per heavy atom. The molecule has 0 atom stereocenters. The number of rotatable bonds is 0. The predicted octanol–water partition coefficient (Wildman–Crippen LogP) is 4.30. The first-order valence-corrected chi connectivity index (χ1v) is 5.12. The maximum Gasteiger partial charge on any atom is 0.113 e. The number of halogens is 3. The molecule has 13 heavy (non-hydrogen) atoms. The summed E-state index contributed by atoms with van der Waals surface area (Å²) in [5.74, 6) is 0. The number of nitrogens with zero attached hydrogens (tertiary/aromatic N) is 1. The van der Waals surface area contributed by atoms with Gasteiger partial charge in [-0.05, 0) is 28.1 Å². The van der Waals surface area contributed by atoms with Crippen molar-refractivity contribution in [3.63, 3.8) is 0 Å². The lowest BCUT2D eigenvalue weighted by atomic mass is 10.2. The highest BCUT2D eigenvalue weighted by Crippen LogP contribution is 2.29. The summed E-state index contributed by atoms with van der Waals surface area (Å²) >= 11 is 15.2. The highest BCUT2D eigenvalue weighted by molar-refractivity contribution is 9.10. The molecular weight excluding hydrogens is 273 g/mol. The molecule has 0 fully saturated rings. The molecule has 66 valence electrons. The van der Waals surface area contributed by atoms with Crippen LogP contribution in [-0.2, 0) is 0 Å². The Hall–Kier alpha value is -0.310. The lowest BCUT2D eigenvalue weighted by Gasteiger charge is -2.01. The predicted molar refractivity (Wildman–Crippen MR) is 59.5 cm³/mol. The molecule has 0 spiro atoms. The zero-order valence-electron chi connectivity index (χ0n) is 6.39. The fourth-order valence-electron chi connectivity index (χ4n) is 1.15. The van der Waals surface area contributed by atoms with Gasteiger partial charge in [-0.3, -0.25) is 0 Å². The van der Waals surface area contributed by atoms with E-state index in [4.69, 9.17) is 23.2 Å². The number of aromatic nitrogens is 1. The van der Waals surface area contributed by atoms with Crippen molar-refractivity contribution < 1.29 is 0 Å². The van der Waals surface area contributed by atoms with Crippen LogP contribution in [0, 0.1) is 0 Å². The number of hydrogen-bond donors (Lipinski definition) is 0. The van der Waals surface area contributed by atoms with Gasteiger partial charge < -0.3 is 0 Å². The highest BCUT2D eigenvalue weighted by atomic mass is 79.9. The zero-order valence-corrected chi connectivity index (χ0v) is 9.49. The van der Waals surface area contributed by atoms with Gasteiger partial charge in [0.05, 0.1) is 5.02 Å². The molecule has 1 nitrogen and oxygen atoms in total. The van der Waals surface area contributed by atoms with Gasteiger partial charge in [-0.15, -0.1) is 0 Å². The van der Waals surface area contributed by atoms with Crippen LogP contribution >= 0.6 is 39.1 Å². The monoisotopic (exact) mass is 275 g/mol. The second-order valence-corrected chi connectivity index (χ2v) is 4.18. The molecule has 0 bridgehead atoms. The van der Waals surface area contributed by atoms with Gasteiger partial charge in [0.25, 0.3) is 0 Å². The van der Waals surface area contributed by atoms with Gasteiger partial charge in [0.15, 0.2) is 0 Å². The molecular formula is C9H4BrCl2N. The normalized spacial score (nSPS) is 10.7. The van der Waals surface area contributed by atoms with Crippen molar-refractivity contribution in [1.29, 1.82) is 0 Å². The van der Waals surface area contributed by atoms with Crippen LogP contribution in [0.5, 0.6) is 0 Å². The van der Waals surface area contributed by atoms with Crippen LogP contribution in [0.4, 0.5) is 0 Å². The Morgan fingerprint density at radius 1 is 1.15 bits per heavy atom. The third kappa shape index (κ3) is 1.66. The quantitative estimate of drug-likeness (QED) is 0.654. The van der Waals surface area contributed by atoms with Gasteiger partial charge in [-0.25, -0.2) is 4.98 Å².